The molecule has 0 aliphatic heterocycles. The molecule has 0 radical (unpaired) electrons. The predicted molar refractivity (Wildman–Crippen MR) is 42.5 cm³/mol. The normalized spacial score (nSPS) is 10.4. The summed E-state index contributed by atoms with van der Waals surface area (Å²) in [5, 5.41) is 1.95. The summed E-state index contributed by atoms with van der Waals surface area (Å²) in [5.74, 6) is -0.409. The van der Waals surface area contributed by atoms with E-state index >= 15 is 0 Å². The third-order valence-corrected chi connectivity index (χ3v) is 1.79. The third kappa shape index (κ3) is 2.03. The minimum Gasteiger partial charge on any atom is -0.366 e. The van der Waals surface area contributed by atoms with Crippen LogP contribution in [0.1, 0.15) is 4.88 Å². The van der Waals surface area contributed by atoms with Gasteiger partial charge in [-0.3, -0.25) is 4.79 Å². The zero-order chi connectivity index (χ0) is 7.40. The van der Waals surface area contributed by atoms with Gasteiger partial charge in [-0.05, 0) is 17.5 Å². The molecule has 0 saturated carbocycles. The van der Waals surface area contributed by atoms with Gasteiger partial charge in [-0.1, -0.05) is 6.07 Å². The van der Waals surface area contributed by atoms with Gasteiger partial charge in [-0.25, -0.2) is 0 Å². The number of carbonyl (C=O) groups excluding carboxylic acids is 1. The van der Waals surface area contributed by atoms with Crippen molar-refractivity contribution in [2.45, 2.75) is 0 Å². The van der Waals surface area contributed by atoms with E-state index in [1.807, 2.05) is 17.5 Å². The topological polar surface area (TPSA) is 43.1 Å². The average molecular weight is 153 g/mol. The van der Waals surface area contributed by atoms with Gasteiger partial charge in [-0.2, -0.15) is 0 Å². The first kappa shape index (κ1) is 7.02. The van der Waals surface area contributed by atoms with Gasteiger partial charge in [0.2, 0.25) is 5.91 Å². The number of amides is 1. The lowest BCUT2D eigenvalue weighted by molar-refractivity contribution is -0.113. The van der Waals surface area contributed by atoms with Crippen LogP contribution in [-0.4, -0.2) is 5.91 Å². The van der Waals surface area contributed by atoms with E-state index < -0.39 is 5.91 Å². The number of rotatable bonds is 2. The number of carbonyl (C=O) groups is 1. The lowest BCUT2D eigenvalue weighted by Crippen LogP contribution is -2.04. The van der Waals surface area contributed by atoms with E-state index in [1.54, 1.807) is 17.4 Å². The van der Waals surface area contributed by atoms with Crippen molar-refractivity contribution < 1.29 is 4.79 Å². The fraction of sp³-hybridized carbons (Fsp3) is 0. The van der Waals surface area contributed by atoms with Gasteiger partial charge in [0.25, 0.3) is 0 Å². The van der Waals surface area contributed by atoms with E-state index in [0.29, 0.717) is 0 Å². The van der Waals surface area contributed by atoms with Crippen LogP contribution in [0.2, 0.25) is 0 Å². The zero-order valence-electron chi connectivity index (χ0n) is 5.28. The molecule has 2 nitrogen and oxygen atoms in total. The Balaban J connectivity index is 2.64. The Morgan fingerprint density at radius 3 is 3.00 bits per heavy atom. The quantitative estimate of drug-likeness (QED) is 0.638. The number of primary amides is 1. The average Bonchev–Trinajstić information content (AvgIpc) is 2.34. The summed E-state index contributed by atoms with van der Waals surface area (Å²) < 4.78 is 0. The van der Waals surface area contributed by atoms with Gasteiger partial charge in [0, 0.05) is 11.0 Å². The molecular weight excluding hydrogens is 146 g/mol. The first-order valence-electron chi connectivity index (χ1n) is 2.80. The van der Waals surface area contributed by atoms with E-state index in [1.165, 1.54) is 6.08 Å². The van der Waals surface area contributed by atoms with Crippen molar-refractivity contribution in [1.29, 1.82) is 0 Å². The standard InChI is InChI=1S/C7H7NOS/c8-7(9)4-3-6-2-1-5-10-6/h1-5H,(H2,8,9)/b4-3+. The van der Waals surface area contributed by atoms with Crippen molar-refractivity contribution >= 4 is 23.3 Å². The van der Waals surface area contributed by atoms with E-state index in [0.717, 1.165) is 4.88 Å². The van der Waals surface area contributed by atoms with Crippen molar-refractivity contribution in [2.24, 2.45) is 5.73 Å². The highest BCUT2D eigenvalue weighted by Gasteiger charge is 1.86. The molecule has 1 rings (SSSR count). The fourth-order valence-corrected chi connectivity index (χ4v) is 1.17. The second kappa shape index (κ2) is 3.17. The van der Waals surface area contributed by atoms with Crippen molar-refractivity contribution in [3.8, 4) is 0 Å². The Bertz CT molecular complexity index is 238. The van der Waals surface area contributed by atoms with Gasteiger partial charge in [0.05, 0.1) is 0 Å². The van der Waals surface area contributed by atoms with Crippen LogP contribution >= 0.6 is 11.3 Å². The zero-order valence-corrected chi connectivity index (χ0v) is 6.10. The van der Waals surface area contributed by atoms with Gasteiger partial charge >= 0.3 is 0 Å². The highest BCUT2D eigenvalue weighted by Crippen LogP contribution is 2.09. The molecule has 0 spiro atoms. The molecule has 0 bridgehead atoms. The Labute approximate surface area is 63.0 Å². The van der Waals surface area contributed by atoms with Crippen LogP contribution in [0.15, 0.2) is 23.6 Å². The minimum atomic E-state index is -0.409. The fourth-order valence-electron chi connectivity index (χ4n) is 0.550. The van der Waals surface area contributed by atoms with Crippen LogP contribution in [0, 0.1) is 0 Å². The smallest absolute Gasteiger partial charge is 0.241 e. The van der Waals surface area contributed by atoms with Gasteiger partial charge in [0.15, 0.2) is 0 Å². The molecule has 0 atom stereocenters. The molecule has 0 unspecified atom stereocenters. The SMILES string of the molecule is NC(=O)/C=C/c1cccs1. The lowest BCUT2D eigenvalue weighted by atomic mass is 10.4. The number of nitrogens with two attached hydrogens (primary N) is 1. The van der Waals surface area contributed by atoms with Crippen LogP contribution in [0.4, 0.5) is 0 Å². The Morgan fingerprint density at radius 1 is 1.70 bits per heavy atom. The molecule has 0 saturated heterocycles. The second-order valence-corrected chi connectivity index (χ2v) is 2.73. The number of hydrogen-bond acceptors (Lipinski definition) is 2. The monoisotopic (exact) mass is 153 g/mol. The highest BCUT2D eigenvalue weighted by atomic mass is 32.1. The van der Waals surface area contributed by atoms with Gasteiger partial charge in [0.1, 0.15) is 0 Å². The van der Waals surface area contributed by atoms with Crippen LogP contribution in [-0.2, 0) is 4.79 Å². The third-order valence-electron chi connectivity index (χ3n) is 0.955. The molecule has 0 aliphatic rings. The van der Waals surface area contributed by atoms with E-state index in [4.69, 9.17) is 5.73 Å². The molecule has 1 aromatic rings. The maximum Gasteiger partial charge on any atom is 0.241 e. The van der Waals surface area contributed by atoms with Crippen molar-refractivity contribution in [3.05, 3.63) is 28.5 Å². The molecule has 1 amide bonds. The summed E-state index contributed by atoms with van der Waals surface area (Å²) in [4.78, 5) is 11.3. The maximum absolute atomic E-state index is 10.2. The molecule has 0 aromatic carbocycles. The molecule has 52 valence electrons. The number of hydrogen-bond donors (Lipinski definition) is 1. The summed E-state index contributed by atoms with van der Waals surface area (Å²) in [5.41, 5.74) is 4.89. The second-order valence-electron chi connectivity index (χ2n) is 1.75. The summed E-state index contributed by atoms with van der Waals surface area (Å²) in [7, 11) is 0. The summed E-state index contributed by atoms with van der Waals surface area (Å²) in [6, 6.07) is 3.84. The minimum absolute atomic E-state index is 0.409. The van der Waals surface area contributed by atoms with E-state index in [9.17, 15) is 4.79 Å². The molecular formula is C7H7NOS. The van der Waals surface area contributed by atoms with Crippen molar-refractivity contribution in [1.82, 2.24) is 0 Å². The van der Waals surface area contributed by atoms with Crippen molar-refractivity contribution in [2.75, 3.05) is 0 Å². The Hall–Kier alpha value is -1.09. The van der Waals surface area contributed by atoms with E-state index in [2.05, 4.69) is 0 Å². The van der Waals surface area contributed by atoms with Gasteiger partial charge in [-0.15, -0.1) is 11.3 Å². The Kier molecular flexibility index (Phi) is 2.23. The first-order valence-corrected chi connectivity index (χ1v) is 3.68. The summed E-state index contributed by atoms with van der Waals surface area (Å²) in [6.07, 6.45) is 3.05. The molecule has 1 aromatic heterocycles. The van der Waals surface area contributed by atoms with E-state index in [-0.39, 0.29) is 0 Å². The van der Waals surface area contributed by atoms with Crippen molar-refractivity contribution in [3.63, 3.8) is 0 Å². The van der Waals surface area contributed by atoms with Gasteiger partial charge < -0.3 is 5.73 Å². The van der Waals surface area contributed by atoms with Crippen LogP contribution < -0.4 is 5.73 Å². The molecule has 0 fully saturated rings. The lowest BCUT2D eigenvalue weighted by Gasteiger charge is -1.79. The molecule has 1 heterocycles. The van der Waals surface area contributed by atoms with Crippen LogP contribution in [0.5, 0.6) is 0 Å². The molecule has 2 N–H and O–H groups in total. The van der Waals surface area contributed by atoms with Crippen LogP contribution in [0.25, 0.3) is 6.08 Å². The maximum atomic E-state index is 10.2. The number of thiophene rings is 1. The first-order chi connectivity index (χ1) is 4.79. The summed E-state index contributed by atoms with van der Waals surface area (Å²) in [6.45, 7) is 0. The Morgan fingerprint density at radius 2 is 2.50 bits per heavy atom. The highest BCUT2D eigenvalue weighted by molar-refractivity contribution is 7.10. The molecule has 10 heavy (non-hydrogen) atoms. The predicted octanol–water partition coefficient (Wildman–Crippen LogP) is 1.25. The largest absolute Gasteiger partial charge is 0.366 e. The molecule has 0 aliphatic carbocycles. The van der Waals surface area contributed by atoms with Crippen LogP contribution in [0.3, 0.4) is 0 Å². The molecule has 3 heteroatoms. The summed E-state index contributed by atoms with van der Waals surface area (Å²) >= 11 is 1.57.